The van der Waals surface area contributed by atoms with Crippen molar-refractivity contribution in [3.05, 3.63) is 24.0 Å². The summed E-state index contributed by atoms with van der Waals surface area (Å²) >= 11 is 0. The van der Waals surface area contributed by atoms with E-state index >= 15 is 0 Å². The van der Waals surface area contributed by atoms with Gasteiger partial charge in [-0.15, -0.1) is 0 Å². The molecule has 0 aromatic carbocycles. The van der Waals surface area contributed by atoms with Crippen LogP contribution in [-0.2, 0) is 0 Å². The molecule has 0 radical (unpaired) electrons. The van der Waals surface area contributed by atoms with E-state index in [0.717, 1.165) is 31.5 Å². The fraction of sp³-hybridized carbons (Fsp3) is 0.647. The lowest BCUT2D eigenvalue weighted by atomic mass is 9.96. The highest BCUT2D eigenvalue weighted by Gasteiger charge is 2.17. The van der Waals surface area contributed by atoms with E-state index in [-0.39, 0.29) is 5.91 Å². The lowest BCUT2D eigenvalue weighted by Gasteiger charge is -2.21. The molecule has 1 aliphatic carbocycles. The number of hydrogen-bond acceptors (Lipinski definition) is 3. The first-order chi connectivity index (χ1) is 10.3. The summed E-state index contributed by atoms with van der Waals surface area (Å²) in [4.78, 5) is 16.6. The number of carbonyl (C=O) groups excluding carboxylic acids is 1. The van der Waals surface area contributed by atoms with Crippen molar-refractivity contribution >= 4 is 11.6 Å². The molecule has 2 N–H and O–H groups in total. The molecule has 0 bridgehead atoms. The van der Waals surface area contributed by atoms with Gasteiger partial charge in [0.2, 0.25) is 0 Å². The highest BCUT2D eigenvalue weighted by molar-refractivity contribution is 5.99. The second kappa shape index (κ2) is 8.65. The van der Waals surface area contributed by atoms with Crippen LogP contribution in [0.2, 0.25) is 0 Å². The smallest absolute Gasteiger partial charge is 0.255 e. The molecule has 1 saturated carbocycles. The number of pyridine rings is 1. The molecule has 0 atom stereocenters. The number of hydrogen-bond donors (Lipinski definition) is 2. The average molecular weight is 289 g/mol. The third-order valence-corrected chi connectivity index (χ3v) is 4.07. The van der Waals surface area contributed by atoms with Crippen molar-refractivity contribution in [1.82, 2.24) is 10.3 Å². The minimum absolute atomic E-state index is 0.00674. The van der Waals surface area contributed by atoms with E-state index in [1.807, 2.05) is 6.07 Å². The highest BCUT2D eigenvalue weighted by atomic mass is 16.1. The van der Waals surface area contributed by atoms with Crippen LogP contribution in [0.5, 0.6) is 0 Å². The Kier molecular flexibility index (Phi) is 6.51. The molecule has 4 nitrogen and oxygen atoms in total. The number of rotatable bonds is 5. The summed E-state index contributed by atoms with van der Waals surface area (Å²) in [6, 6.07) is 2.19. The van der Waals surface area contributed by atoms with E-state index in [9.17, 15) is 4.79 Å². The van der Waals surface area contributed by atoms with Gasteiger partial charge in [0.05, 0.1) is 11.3 Å². The van der Waals surface area contributed by atoms with Gasteiger partial charge in [-0.25, -0.2) is 0 Å². The standard InChI is InChI=1S/C17H27N3O/c1-2-11-19-16-10-12-18-13-15(16)17(21)20-14-8-6-4-3-5-7-9-14/h10,12-14H,2-9,11H2,1H3,(H,18,19)(H,20,21). The molecule has 0 spiro atoms. The van der Waals surface area contributed by atoms with Gasteiger partial charge in [-0.2, -0.15) is 0 Å². The van der Waals surface area contributed by atoms with Gasteiger partial charge in [0.25, 0.3) is 5.91 Å². The average Bonchev–Trinajstić information content (AvgIpc) is 2.48. The van der Waals surface area contributed by atoms with E-state index in [1.54, 1.807) is 12.4 Å². The molecule has 21 heavy (non-hydrogen) atoms. The number of carbonyl (C=O) groups is 1. The fourth-order valence-corrected chi connectivity index (χ4v) is 2.85. The molecule has 0 aliphatic heterocycles. The lowest BCUT2D eigenvalue weighted by Crippen LogP contribution is -2.35. The number of nitrogens with one attached hydrogen (secondary N) is 2. The van der Waals surface area contributed by atoms with Crippen LogP contribution in [0.25, 0.3) is 0 Å². The Morgan fingerprint density at radius 3 is 2.67 bits per heavy atom. The molecule has 4 heteroatoms. The molecule has 0 unspecified atom stereocenters. The van der Waals surface area contributed by atoms with Crippen molar-refractivity contribution in [3.63, 3.8) is 0 Å². The van der Waals surface area contributed by atoms with Crippen LogP contribution in [-0.4, -0.2) is 23.5 Å². The molecule has 1 heterocycles. The maximum absolute atomic E-state index is 12.5. The predicted octanol–water partition coefficient (Wildman–Crippen LogP) is 3.75. The third-order valence-electron chi connectivity index (χ3n) is 4.07. The third kappa shape index (κ3) is 5.03. The minimum Gasteiger partial charge on any atom is -0.384 e. The number of aromatic nitrogens is 1. The summed E-state index contributed by atoms with van der Waals surface area (Å²) in [6.07, 6.45) is 13.0. The fourth-order valence-electron chi connectivity index (χ4n) is 2.85. The van der Waals surface area contributed by atoms with Gasteiger partial charge in [0.1, 0.15) is 0 Å². The SMILES string of the molecule is CCCNc1ccncc1C(=O)NC1CCCCCCC1. The minimum atomic E-state index is 0.00674. The molecule has 1 aromatic rings. The van der Waals surface area contributed by atoms with Crippen molar-refractivity contribution in [2.75, 3.05) is 11.9 Å². The monoisotopic (exact) mass is 289 g/mol. The zero-order chi connectivity index (χ0) is 14.9. The van der Waals surface area contributed by atoms with Crippen molar-refractivity contribution in [2.24, 2.45) is 0 Å². The van der Waals surface area contributed by atoms with Gasteiger partial charge in [0.15, 0.2) is 0 Å². The van der Waals surface area contributed by atoms with Crippen LogP contribution in [0.3, 0.4) is 0 Å². The topological polar surface area (TPSA) is 54.0 Å². The zero-order valence-electron chi connectivity index (χ0n) is 13.0. The van der Waals surface area contributed by atoms with Gasteiger partial charge >= 0.3 is 0 Å². The summed E-state index contributed by atoms with van der Waals surface area (Å²) in [6.45, 7) is 2.98. The molecule has 116 valence electrons. The first-order valence-corrected chi connectivity index (χ1v) is 8.30. The molecule has 2 rings (SSSR count). The Labute approximate surface area is 127 Å². The van der Waals surface area contributed by atoms with E-state index in [0.29, 0.717) is 11.6 Å². The molecule has 1 aliphatic rings. The van der Waals surface area contributed by atoms with Crippen LogP contribution >= 0.6 is 0 Å². The molecular weight excluding hydrogens is 262 g/mol. The van der Waals surface area contributed by atoms with Crippen molar-refractivity contribution in [3.8, 4) is 0 Å². The van der Waals surface area contributed by atoms with Crippen LogP contribution in [0, 0.1) is 0 Å². The number of anilines is 1. The van der Waals surface area contributed by atoms with Gasteiger partial charge in [0, 0.05) is 25.0 Å². The van der Waals surface area contributed by atoms with Crippen LogP contribution < -0.4 is 10.6 Å². The highest BCUT2D eigenvalue weighted by Crippen LogP contribution is 2.19. The van der Waals surface area contributed by atoms with E-state index < -0.39 is 0 Å². The van der Waals surface area contributed by atoms with Crippen LogP contribution in [0.4, 0.5) is 5.69 Å². The summed E-state index contributed by atoms with van der Waals surface area (Å²) in [7, 11) is 0. The van der Waals surface area contributed by atoms with Gasteiger partial charge in [-0.1, -0.05) is 39.0 Å². The zero-order valence-corrected chi connectivity index (χ0v) is 13.0. The summed E-state index contributed by atoms with van der Waals surface area (Å²) < 4.78 is 0. The predicted molar refractivity (Wildman–Crippen MR) is 86.6 cm³/mol. The quantitative estimate of drug-likeness (QED) is 0.868. The second-order valence-electron chi connectivity index (χ2n) is 5.86. The molecule has 1 aromatic heterocycles. The maximum Gasteiger partial charge on any atom is 0.255 e. The summed E-state index contributed by atoms with van der Waals surface area (Å²) in [5.41, 5.74) is 1.54. The van der Waals surface area contributed by atoms with Crippen molar-refractivity contribution in [2.45, 2.75) is 64.3 Å². The van der Waals surface area contributed by atoms with Gasteiger partial charge in [-0.3, -0.25) is 9.78 Å². The molecule has 1 amide bonds. The normalized spacial score (nSPS) is 16.8. The Morgan fingerprint density at radius 2 is 1.95 bits per heavy atom. The van der Waals surface area contributed by atoms with Crippen molar-refractivity contribution < 1.29 is 4.79 Å². The largest absolute Gasteiger partial charge is 0.384 e. The Hall–Kier alpha value is -1.58. The Morgan fingerprint density at radius 1 is 1.24 bits per heavy atom. The summed E-state index contributed by atoms with van der Waals surface area (Å²) in [5.74, 6) is 0.00674. The van der Waals surface area contributed by atoms with Crippen molar-refractivity contribution in [1.29, 1.82) is 0 Å². The Bertz CT molecular complexity index is 439. The molecule has 0 saturated heterocycles. The first kappa shape index (κ1) is 15.8. The van der Waals surface area contributed by atoms with E-state index in [1.165, 1.54) is 32.1 Å². The Balaban J connectivity index is 1.98. The van der Waals surface area contributed by atoms with Crippen LogP contribution in [0.1, 0.15) is 68.6 Å². The lowest BCUT2D eigenvalue weighted by molar-refractivity contribution is 0.0931. The maximum atomic E-state index is 12.5. The molecular formula is C17H27N3O. The summed E-state index contributed by atoms with van der Waals surface area (Å²) in [5, 5.41) is 6.50. The van der Waals surface area contributed by atoms with Gasteiger partial charge in [-0.05, 0) is 25.3 Å². The second-order valence-corrected chi connectivity index (χ2v) is 5.86. The van der Waals surface area contributed by atoms with E-state index in [2.05, 4.69) is 22.5 Å². The number of amides is 1. The van der Waals surface area contributed by atoms with Gasteiger partial charge < -0.3 is 10.6 Å². The van der Waals surface area contributed by atoms with E-state index in [4.69, 9.17) is 0 Å². The number of nitrogens with zero attached hydrogens (tertiary/aromatic N) is 1. The molecule has 1 fully saturated rings. The first-order valence-electron chi connectivity index (χ1n) is 8.30. The van der Waals surface area contributed by atoms with Crippen LogP contribution in [0.15, 0.2) is 18.5 Å².